The van der Waals surface area contributed by atoms with Crippen molar-refractivity contribution in [1.82, 2.24) is 10.2 Å². The molecule has 12 heteroatoms. The summed E-state index contributed by atoms with van der Waals surface area (Å²) >= 11 is 19.0. The van der Waals surface area contributed by atoms with Gasteiger partial charge in [0.1, 0.15) is 18.3 Å². The molecule has 0 saturated heterocycles. The summed E-state index contributed by atoms with van der Waals surface area (Å²) in [4.78, 5) is 30.3. The van der Waals surface area contributed by atoms with E-state index in [1.54, 1.807) is 30.3 Å². The summed E-state index contributed by atoms with van der Waals surface area (Å²) in [5, 5.41) is 4.33. The summed E-state index contributed by atoms with van der Waals surface area (Å²) in [5.41, 5.74) is 1.62. The molecule has 49 heavy (non-hydrogen) atoms. The van der Waals surface area contributed by atoms with Crippen molar-refractivity contribution < 1.29 is 22.7 Å². The molecule has 0 aliphatic heterocycles. The van der Waals surface area contributed by atoms with E-state index in [0.717, 1.165) is 42.0 Å². The Morgan fingerprint density at radius 1 is 0.857 bits per heavy atom. The molecule has 1 atom stereocenters. The first-order valence-electron chi connectivity index (χ1n) is 16.0. The maximum absolute atomic E-state index is 14.7. The predicted octanol–water partition coefficient (Wildman–Crippen LogP) is 7.94. The average molecular weight is 743 g/mol. The number of hydrogen-bond donors (Lipinski definition) is 1. The molecular weight excluding hydrogens is 705 g/mol. The van der Waals surface area contributed by atoms with E-state index in [9.17, 15) is 18.0 Å². The molecule has 4 aromatic rings. The topological polar surface area (TPSA) is 96.0 Å². The van der Waals surface area contributed by atoms with Crippen molar-refractivity contribution >= 4 is 62.3 Å². The molecule has 1 N–H and O–H groups in total. The predicted molar refractivity (Wildman–Crippen MR) is 195 cm³/mol. The number of nitrogens with zero attached hydrogens (tertiary/aromatic N) is 2. The van der Waals surface area contributed by atoms with Crippen LogP contribution in [0.2, 0.25) is 15.1 Å². The van der Waals surface area contributed by atoms with Crippen LogP contribution in [0.15, 0.2) is 102 Å². The highest BCUT2D eigenvalue weighted by Gasteiger charge is 2.35. The molecule has 1 aliphatic rings. The number of benzene rings is 4. The largest absolute Gasteiger partial charge is 0.497 e. The van der Waals surface area contributed by atoms with E-state index >= 15 is 0 Å². The van der Waals surface area contributed by atoms with Gasteiger partial charge in [0.25, 0.3) is 10.0 Å². The molecule has 0 heterocycles. The Labute approximate surface area is 303 Å². The number of rotatable bonds is 13. The summed E-state index contributed by atoms with van der Waals surface area (Å²) in [5.74, 6) is -0.435. The molecular formula is C37H38Cl3N3O5S. The number of anilines is 1. The summed E-state index contributed by atoms with van der Waals surface area (Å²) < 4.78 is 34.7. The zero-order chi connectivity index (χ0) is 35.0. The molecule has 1 aliphatic carbocycles. The average Bonchev–Trinajstić information content (AvgIpc) is 3.10. The molecule has 258 valence electrons. The fraction of sp³-hybridized carbons (Fsp3) is 0.297. The zero-order valence-corrected chi connectivity index (χ0v) is 30.1. The van der Waals surface area contributed by atoms with E-state index < -0.39 is 28.5 Å². The van der Waals surface area contributed by atoms with Gasteiger partial charge in [-0.05, 0) is 84.6 Å². The lowest BCUT2D eigenvalue weighted by atomic mass is 9.94. The van der Waals surface area contributed by atoms with Gasteiger partial charge in [0.15, 0.2) is 0 Å². The number of sulfonamides is 1. The van der Waals surface area contributed by atoms with Crippen molar-refractivity contribution in [3.63, 3.8) is 0 Å². The Bertz CT molecular complexity index is 1840. The Morgan fingerprint density at radius 2 is 1.51 bits per heavy atom. The standard InChI is InChI=1S/C37H38Cl3N3O5S/c1-48-32-18-20-33(21-19-32)49(46,47)43(31-16-14-28(38)15-17-31)25-36(44)42(24-27-12-13-29(39)23-34(27)40)35(22-26-8-4-2-5-9-26)37(45)41-30-10-6-3-7-11-30/h2,4-5,8-9,12-21,23,30,35H,3,6-7,10-11,22,24-25H2,1H3,(H,41,45)/t35-/m1/s1. The van der Waals surface area contributed by atoms with Crippen LogP contribution in [0.5, 0.6) is 5.75 Å². The summed E-state index contributed by atoms with van der Waals surface area (Å²) in [6.45, 7) is -0.676. The first kappa shape index (κ1) is 36.5. The van der Waals surface area contributed by atoms with Gasteiger partial charge in [0.2, 0.25) is 11.8 Å². The van der Waals surface area contributed by atoms with E-state index in [2.05, 4.69) is 5.32 Å². The molecule has 8 nitrogen and oxygen atoms in total. The molecule has 0 aromatic heterocycles. The Hall–Kier alpha value is -3.76. The van der Waals surface area contributed by atoms with Crippen LogP contribution in [-0.2, 0) is 32.6 Å². The number of nitrogens with one attached hydrogen (secondary N) is 1. The second-order valence-corrected chi connectivity index (χ2v) is 15.1. The zero-order valence-electron chi connectivity index (χ0n) is 27.0. The number of hydrogen-bond acceptors (Lipinski definition) is 5. The van der Waals surface area contributed by atoms with E-state index in [1.165, 1.54) is 48.4 Å². The third-order valence-corrected chi connectivity index (χ3v) is 11.2. The van der Waals surface area contributed by atoms with Crippen LogP contribution in [0.4, 0.5) is 5.69 Å². The fourth-order valence-electron chi connectivity index (χ4n) is 5.94. The van der Waals surface area contributed by atoms with E-state index in [4.69, 9.17) is 39.5 Å². The third-order valence-electron chi connectivity index (χ3n) is 8.62. The summed E-state index contributed by atoms with van der Waals surface area (Å²) in [7, 11) is -2.81. The van der Waals surface area contributed by atoms with E-state index in [0.29, 0.717) is 26.4 Å². The lowest BCUT2D eigenvalue weighted by molar-refractivity contribution is -0.140. The van der Waals surface area contributed by atoms with Gasteiger partial charge in [-0.15, -0.1) is 0 Å². The SMILES string of the molecule is COc1ccc(S(=O)(=O)N(CC(=O)N(Cc2ccc(Cl)cc2Cl)[C@H](Cc2ccccc2)C(=O)NC2CCCCC2)c2ccc(Cl)cc2)cc1. The molecule has 1 saturated carbocycles. The Balaban J connectivity index is 1.57. The van der Waals surface area contributed by atoms with E-state index in [1.807, 2.05) is 30.3 Å². The monoisotopic (exact) mass is 741 g/mol. The van der Waals surface area contributed by atoms with Crippen molar-refractivity contribution in [3.8, 4) is 5.75 Å². The second-order valence-electron chi connectivity index (χ2n) is 12.0. The van der Waals surface area contributed by atoms with Crippen LogP contribution in [0, 0.1) is 0 Å². The van der Waals surface area contributed by atoms with Gasteiger partial charge in [0.05, 0.1) is 17.7 Å². The lowest BCUT2D eigenvalue weighted by Crippen LogP contribution is -2.55. The second kappa shape index (κ2) is 16.8. The summed E-state index contributed by atoms with van der Waals surface area (Å²) in [6.07, 6.45) is 5.04. The van der Waals surface area contributed by atoms with Gasteiger partial charge in [-0.25, -0.2) is 8.42 Å². The lowest BCUT2D eigenvalue weighted by Gasteiger charge is -2.35. The quantitative estimate of drug-likeness (QED) is 0.150. The summed E-state index contributed by atoms with van der Waals surface area (Å²) in [6, 6.07) is 25.4. The van der Waals surface area contributed by atoms with Crippen LogP contribution < -0.4 is 14.4 Å². The van der Waals surface area contributed by atoms with Crippen LogP contribution in [0.1, 0.15) is 43.2 Å². The molecule has 4 aromatic carbocycles. The Kier molecular flexibility index (Phi) is 12.5. The molecule has 5 rings (SSSR count). The van der Waals surface area contributed by atoms with Gasteiger partial charge >= 0.3 is 0 Å². The fourth-order valence-corrected chi connectivity index (χ4v) is 7.95. The number of carbonyl (C=O) groups is 2. The highest BCUT2D eigenvalue weighted by molar-refractivity contribution is 7.92. The molecule has 1 fully saturated rings. The normalized spacial score (nSPS) is 14.1. The van der Waals surface area contributed by atoms with Gasteiger partial charge in [0, 0.05) is 34.1 Å². The number of methoxy groups -OCH3 is 1. The van der Waals surface area contributed by atoms with Crippen LogP contribution in [0.25, 0.3) is 0 Å². The van der Waals surface area contributed by atoms with Crippen molar-refractivity contribution in [1.29, 1.82) is 0 Å². The highest BCUT2D eigenvalue weighted by atomic mass is 35.5. The maximum Gasteiger partial charge on any atom is 0.264 e. The molecule has 0 unspecified atom stereocenters. The number of ether oxygens (including phenoxy) is 1. The minimum atomic E-state index is -4.29. The van der Waals surface area contributed by atoms with Crippen LogP contribution in [-0.4, -0.2) is 50.9 Å². The van der Waals surface area contributed by atoms with Crippen LogP contribution in [0.3, 0.4) is 0 Å². The van der Waals surface area contributed by atoms with Crippen molar-refractivity contribution in [2.45, 2.75) is 62.0 Å². The minimum Gasteiger partial charge on any atom is -0.497 e. The molecule has 0 spiro atoms. The van der Waals surface area contributed by atoms with Gasteiger partial charge in [-0.1, -0.05) is 90.5 Å². The number of carbonyl (C=O) groups excluding carboxylic acids is 2. The van der Waals surface area contributed by atoms with Crippen molar-refractivity contribution in [2.75, 3.05) is 18.0 Å². The molecule has 0 bridgehead atoms. The Morgan fingerprint density at radius 3 is 2.14 bits per heavy atom. The first-order valence-corrected chi connectivity index (χ1v) is 18.6. The molecule has 2 amide bonds. The van der Waals surface area contributed by atoms with Crippen molar-refractivity contribution in [2.24, 2.45) is 0 Å². The van der Waals surface area contributed by atoms with Crippen molar-refractivity contribution in [3.05, 3.63) is 123 Å². The highest BCUT2D eigenvalue weighted by Crippen LogP contribution is 2.29. The third kappa shape index (κ3) is 9.48. The van der Waals surface area contributed by atoms with Gasteiger partial charge in [-0.3, -0.25) is 13.9 Å². The smallest absolute Gasteiger partial charge is 0.264 e. The maximum atomic E-state index is 14.7. The van der Waals surface area contributed by atoms with Crippen LogP contribution >= 0.6 is 34.8 Å². The minimum absolute atomic E-state index is 0.0170. The number of amides is 2. The first-order chi connectivity index (χ1) is 23.5. The van der Waals surface area contributed by atoms with E-state index in [-0.39, 0.29) is 35.5 Å². The molecule has 0 radical (unpaired) electrons. The number of halogens is 3. The van der Waals surface area contributed by atoms with Gasteiger partial charge in [-0.2, -0.15) is 0 Å². The van der Waals surface area contributed by atoms with Gasteiger partial charge < -0.3 is 15.0 Å².